The second-order valence-electron chi connectivity index (χ2n) is 5.91. The number of likely N-dealkylation sites (N-methyl/N-ethyl adjacent to an activating group) is 1. The first kappa shape index (κ1) is 21.3. The first-order chi connectivity index (χ1) is 13.0. The highest BCUT2D eigenvalue weighted by molar-refractivity contribution is 9.10. The SMILES string of the molecule is CSc1ccccc1NC(=O)CN(C)C(=O)CCCOc1cccc(Br)c1. The van der Waals surface area contributed by atoms with Crippen LogP contribution >= 0.6 is 27.7 Å². The van der Waals surface area contributed by atoms with E-state index in [1.165, 1.54) is 4.90 Å². The highest BCUT2D eigenvalue weighted by Crippen LogP contribution is 2.24. The van der Waals surface area contributed by atoms with Gasteiger partial charge in [0.15, 0.2) is 0 Å². The van der Waals surface area contributed by atoms with Crippen LogP contribution in [-0.2, 0) is 9.59 Å². The molecule has 2 amide bonds. The standard InChI is InChI=1S/C20H23BrN2O3S/c1-23(14-19(24)22-17-9-3-4-10-18(17)27-2)20(25)11-6-12-26-16-8-5-7-15(21)13-16/h3-5,7-10,13H,6,11-12,14H2,1-2H3,(H,22,24). The summed E-state index contributed by atoms with van der Waals surface area (Å²) in [7, 11) is 1.64. The number of rotatable bonds is 9. The van der Waals surface area contributed by atoms with Gasteiger partial charge in [-0.05, 0) is 43.0 Å². The van der Waals surface area contributed by atoms with Gasteiger partial charge >= 0.3 is 0 Å². The van der Waals surface area contributed by atoms with Gasteiger partial charge in [-0.15, -0.1) is 11.8 Å². The Kier molecular flexibility index (Phi) is 8.67. The van der Waals surface area contributed by atoms with Gasteiger partial charge in [-0.2, -0.15) is 0 Å². The molecule has 0 atom stereocenters. The van der Waals surface area contributed by atoms with E-state index in [0.717, 1.165) is 20.8 Å². The number of anilines is 1. The molecular weight excluding hydrogens is 428 g/mol. The minimum atomic E-state index is -0.210. The van der Waals surface area contributed by atoms with Gasteiger partial charge in [-0.25, -0.2) is 0 Å². The lowest BCUT2D eigenvalue weighted by atomic mass is 10.3. The van der Waals surface area contributed by atoms with E-state index >= 15 is 0 Å². The molecule has 144 valence electrons. The Labute approximate surface area is 172 Å². The molecule has 0 spiro atoms. The second-order valence-corrected chi connectivity index (χ2v) is 7.67. The van der Waals surface area contributed by atoms with Crippen LogP contribution in [0.2, 0.25) is 0 Å². The van der Waals surface area contributed by atoms with E-state index in [1.807, 2.05) is 54.8 Å². The zero-order valence-corrected chi connectivity index (χ0v) is 17.8. The minimum absolute atomic E-state index is 0.0219. The molecule has 7 heteroatoms. The number of benzene rings is 2. The van der Waals surface area contributed by atoms with Crippen molar-refractivity contribution in [2.24, 2.45) is 0 Å². The molecule has 0 saturated heterocycles. The monoisotopic (exact) mass is 450 g/mol. The number of carbonyl (C=O) groups is 2. The fraction of sp³-hybridized carbons (Fsp3) is 0.300. The Morgan fingerprint density at radius 1 is 1.19 bits per heavy atom. The highest BCUT2D eigenvalue weighted by Gasteiger charge is 2.14. The van der Waals surface area contributed by atoms with E-state index in [1.54, 1.807) is 18.8 Å². The van der Waals surface area contributed by atoms with Crippen molar-refractivity contribution in [1.29, 1.82) is 0 Å². The Morgan fingerprint density at radius 3 is 2.70 bits per heavy atom. The number of hydrogen-bond acceptors (Lipinski definition) is 4. The third kappa shape index (κ3) is 7.27. The van der Waals surface area contributed by atoms with E-state index in [-0.39, 0.29) is 18.4 Å². The van der Waals surface area contributed by atoms with Crippen LogP contribution in [0.3, 0.4) is 0 Å². The molecule has 2 aromatic carbocycles. The Hall–Kier alpha value is -1.99. The molecule has 0 unspecified atom stereocenters. The summed E-state index contributed by atoms with van der Waals surface area (Å²) >= 11 is 4.95. The van der Waals surface area contributed by atoms with Crippen LogP contribution in [0.4, 0.5) is 5.69 Å². The van der Waals surface area contributed by atoms with Crippen molar-refractivity contribution in [3.63, 3.8) is 0 Å². The molecule has 2 aromatic rings. The Balaban J connectivity index is 1.72. The van der Waals surface area contributed by atoms with Gasteiger partial charge in [0.05, 0.1) is 18.8 Å². The van der Waals surface area contributed by atoms with E-state index in [9.17, 15) is 9.59 Å². The molecule has 0 saturated carbocycles. The number of carbonyl (C=O) groups excluding carboxylic acids is 2. The summed E-state index contributed by atoms with van der Waals surface area (Å²) in [5.41, 5.74) is 0.762. The smallest absolute Gasteiger partial charge is 0.244 e. The van der Waals surface area contributed by atoms with Crippen LogP contribution in [-0.4, -0.2) is 43.2 Å². The summed E-state index contributed by atoms with van der Waals surface area (Å²) in [5, 5.41) is 2.86. The third-order valence-electron chi connectivity index (χ3n) is 3.79. The molecule has 0 aliphatic rings. The maximum absolute atomic E-state index is 12.2. The molecule has 2 rings (SSSR count). The van der Waals surface area contributed by atoms with E-state index in [0.29, 0.717) is 19.4 Å². The van der Waals surface area contributed by atoms with Gasteiger partial charge < -0.3 is 15.0 Å². The maximum atomic E-state index is 12.2. The molecule has 0 heterocycles. The average molecular weight is 451 g/mol. The van der Waals surface area contributed by atoms with Crippen LogP contribution < -0.4 is 10.1 Å². The summed E-state index contributed by atoms with van der Waals surface area (Å²) in [6, 6.07) is 15.2. The lowest BCUT2D eigenvalue weighted by molar-refractivity contribution is -0.133. The van der Waals surface area contributed by atoms with Crippen molar-refractivity contribution in [2.45, 2.75) is 17.7 Å². The maximum Gasteiger partial charge on any atom is 0.244 e. The number of thioether (sulfide) groups is 1. The van der Waals surface area contributed by atoms with Crippen molar-refractivity contribution < 1.29 is 14.3 Å². The van der Waals surface area contributed by atoms with Gasteiger partial charge in [-0.1, -0.05) is 34.1 Å². The van der Waals surface area contributed by atoms with Crippen molar-refractivity contribution in [2.75, 3.05) is 31.8 Å². The van der Waals surface area contributed by atoms with Crippen LogP contribution in [0.25, 0.3) is 0 Å². The van der Waals surface area contributed by atoms with Gasteiger partial charge in [0.1, 0.15) is 5.75 Å². The fourth-order valence-electron chi connectivity index (χ4n) is 2.40. The van der Waals surface area contributed by atoms with E-state index in [4.69, 9.17) is 4.74 Å². The van der Waals surface area contributed by atoms with Crippen molar-refractivity contribution >= 4 is 45.2 Å². The predicted octanol–water partition coefficient (Wildman–Crippen LogP) is 4.43. The summed E-state index contributed by atoms with van der Waals surface area (Å²) in [5.74, 6) is 0.468. The molecule has 0 bridgehead atoms. The molecule has 0 fully saturated rings. The Morgan fingerprint density at radius 2 is 1.96 bits per heavy atom. The van der Waals surface area contributed by atoms with Gasteiger partial charge in [0.2, 0.25) is 11.8 Å². The predicted molar refractivity (Wildman–Crippen MR) is 113 cm³/mol. The molecule has 1 N–H and O–H groups in total. The zero-order chi connectivity index (χ0) is 19.6. The first-order valence-corrected chi connectivity index (χ1v) is 10.6. The van der Waals surface area contributed by atoms with Gasteiger partial charge in [0.25, 0.3) is 0 Å². The summed E-state index contributed by atoms with van der Waals surface area (Å²) in [4.78, 5) is 26.8. The minimum Gasteiger partial charge on any atom is -0.494 e. The molecule has 0 aliphatic carbocycles. The van der Waals surface area contributed by atoms with Gasteiger partial charge in [-0.3, -0.25) is 9.59 Å². The van der Waals surface area contributed by atoms with Crippen LogP contribution in [0.1, 0.15) is 12.8 Å². The number of nitrogens with zero attached hydrogens (tertiary/aromatic N) is 1. The molecule has 0 aliphatic heterocycles. The number of amides is 2. The third-order valence-corrected chi connectivity index (χ3v) is 5.08. The number of hydrogen-bond donors (Lipinski definition) is 1. The van der Waals surface area contributed by atoms with E-state index < -0.39 is 0 Å². The highest BCUT2D eigenvalue weighted by atomic mass is 79.9. The summed E-state index contributed by atoms with van der Waals surface area (Å²) in [6.07, 6.45) is 2.88. The van der Waals surface area contributed by atoms with Crippen LogP contribution in [0.5, 0.6) is 5.75 Å². The molecule has 0 radical (unpaired) electrons. The lowest BCUT2D eigenvalue weighted by Gasteiger charge is -2.17. The first-order valence-electron chi connectivity index (χ1n) is 8.55. The summed E-state index contributed by atoms with van der Waals surface area (Å²) < 4.78 is 6.57. The Bertz CT molecular complexity index is 785. The molecule has 5 nitrogen and oxygen atoms in total. The van der Waals surface area contributed by atoms with Crippen molar-refractivity contribution in [3.05, 3.63) is 53.0 Å². The fourth-order valence-corrected chi connectivity index (χ4v) is 3.33. The number of ether oxygens (including phenoxy) is 1. The van der Waals surface area contributed by atoms with E-state index in [2.05, 4.69) is 21.2 Å². The largest absolute Gasteiger partial charge is 0.494 e. The zero-order valence-electron chi connectivity index (χ0n) is 15.4. The lowest BCUT2D eigenvalue weighted by Crippen LogP contribution is -2.35. The quantitative estimate of drug-likeness (QED) is 0.453. The molecule has 27 heavy (non-hydrogen) atoms. The van der Waals surface area contributed by atoms with Crippen molar-refractivity contribution in [3.8, 4) is 5.75 Å². The van der Waals surface area contributed by atoms with Crippen molar-refractivity contribution in [1.82, 2.24) is 4.90 Å². The number of nitrogens with one attached hydrogen (secondary N) is 1. The van der Waals surface area contributed by atoms with Gasteiger partial charge in [0, 0.05) is 22.8 Å². The molecule has 0 aromatic heterocycles. The average Bonchev–Trinajstić information content (AvgIpc) is 2.65. The van der Waals surface area contributed by atoms with Crippen LogP contribution in [0.15, 0.2) is 57.9 Å². The summed E-state index contributed by atoms with van der Waals surface area (Å²) in [6.45, 7) is 0.470. The number of halogens is 1. The normalized spacial score (nSPS) is 10.3. The van der Waals surface area contributed by atoms with Crippen LogP contribution in [0, 0.1) is 0 Å². The molecular formula is C20H23BrN2O3S. The second kappa shape index (κ2) is 11.0. The topological polar surface area (TPSA) is 58.6 Å². The number of para-hydroxylation sites is 1.